The van der Waals surface area contributed by atoms with E-state index < -0.39 is 22.0 Å². The van der Waals surface area contributed by atoms with Crippen molar-refractivity contribution < 1.29 is 17.9 Å². The molecule has 2 N–H and O–H groups in total. The molecule has 5 rings (SSSR count). The number of aryl methyl sites for hydroxylation is 1. The molecule has 200 valence electrons. The summed E-state index contributed by atoms with van der Waals surface area (Å²) in [5, 5.41) is 5.18. The lowest BCUT2D eigenvalue weighted by atomic mass is 10.1. The van der Waals surface area contributed by atoms with E-state index in [-0.39, 0.29) is 16.3 Å². The first-order chi connectivity index (χ1) is 18.8. The van der Waals surface area contributed by atoms with Gasteiger partial charge in [-0.3, -0.25) is 4.79 Å². The highest BCUT2D eigenvalue weighted by Gasteiger charge is 2.27. The van der Waals surface area contributed by atoms with E-state index in [1.165, 1.54) is 25.3 Å². The normalized spacial score (nSPS) is 12.5. The van der Waals surface area contributed by atoms with Crippen LogP contribution >= 0.6 is 11.6 Å². The third kappa shape index (κ3) is 5.49. The largest absolute Gasteiger partial charge is 0.495 e. The first-order valence-corrected chi connectivity index (χ1v) is 14.4. The van der Waals surface area contributed by atoms with Crippen molar-refractivity contribution in [3.8, 4) is 5.75 Å². The number of ether oxygens (including phenoxy) is 1. The highest BCUT2D eigenvalue weighted by molar-refractivity contribution is 7.89. The zero-order valence-corrected chi connectivity index (χ0v) is 23.1. The number of methoxy groups -OCH3 is 1. The Morgan fingerprint density at radius 3 is 2.36 bits per heavy atom. The molecule has 7 nitrogen and oxygen atoms in total. The third-order valence-corrected chi connectivity index (χ3v) is 8.45. The molecule has 4 aromatic carbocycles. The van der Waals surface area contributed by atoms with Crippen LogP contribution in [0.2, 0.25) is 5.02 Å². The van der Waals surface area contributed by atoms with Gasteiger partial charge in [0.05, 0.1) is 17.0 Å². The van der Waals surface area contributed by atoms with E-state index in [4.69, 9.17) is 16.3 Å². The Hall–Kier alpha value is -3.85. The summed E-state index contributed by atoms with van der Waals surface area (Å²) >= 11 is 6.17. The fraction of sp³-hybridized carbons (Fsp3) is 0.167. The zero-order chi connectivity index (χ0) is 27.6. The molecule has 0 aliphatic carbocycles. The molecule has 0 saturated carbocycles. The number of halogens is 1. The van der Waals surface area contributed by atoms with E-state index in [0.717, 1.165) is 33.9 Å². The number of amides is 1. The Morgan fingerprint density at radius 2 is 1.64 bits per heavy atom. The van der Waals surface area contributed by atoms with Crippen molar-refractivity contribution >= 4 is 55.0 Å². The number of hydrogen-bond acceptors (Lipinski definition) is 4. The van der Waals surface area contributed by atoms with Crippen LogP contribution in [-0.4, -0.2) is 32.0 Å². The molecular formula is C30H28ClN3O4S. The molecule has 0 unspecified atom stereocenters. The van der Waals surface area contributed by atoms with Crippen LogP contribution in [0.15, 0.2) is 95.9 Å². The fourth-order valence-corrected chi connectivity index (χ4v) is 6.35. The minimum absolute atomic E-state index is 0.0621. The highest BCUT2D eigenvalue weighted by Crippen LogP contribution is 2.31. The maximum Gasteiger partial charge on any atom is 0.242 e. The molecule has 0 fully saturated rings. The van der Waals surface area contributed by atoms with E-state index >= 15 is 0 Å². The SMILES string of the molecule is CCn1c2ccccc2c2cc(NC(=O)[C@H](Cc3ccccc3)NS(=O)(=O)c3ccc(OC)c(Cl)c3)ccc21. The van der Waals surface area contributed by atoms with Gasteiger partial charge in [-0.25, -0.2) is 8.42 Å². The fourth-order valence-electron chi connectivity index (χ4n) is 4.81. The van der Waals surface area contributed by atoms with Gasteiger partial charge in [0, 0.05) is 34.0 Å². The first-order valence-electron chi connectivity index (χ1n) is 12.5. The van der Waals surface area contributed by atoms with Crippen molar-refractivity contribution in [2.24, 2.45) is 0 Å². The Morgan fingerprint density at radius 1 is 0.923 bits per heavy atom. The van der Waals surface area contributed by atoms with Gasteiger partial charge in [0.1, 0.15) is 11.8 Å². The second-order valence-corrected chi connectivity index (χ2v) is 11.3. The van der Waals surface area contributed by atoms with Gasteiger partial charge in [0.2, 0.25) is 15.9 Å². The molecule has 1 heterocycles. The van der Waals surface area contributed by atoms with Crippen LogP contribution < -0.4 is 14.8 Å². The van der Waals surface area contributed by atoms with E-state index in [2.05, 4.69) is 33.7 Å². The molecule has 5 aromatic rings. The number of aromatic nitrogens is 1. The van der Waals surface area contributed by atoms with E-state index in [1.807, 2.05) is 60.7 Å². The summed E-state index contributed by atoms with van der Waals surface area (Å²) in [6.45, 7) is 2.91. The van der Waals surface area contributed by atoms with Crippen molar-refractivity contribution in [1.82, 2.24) is 9.29 Å². The number of benzene rings is 4. The number of fused-ring (bicyclic) bond motifs is 3. The molecule has 0 spiro atoms. The number of carbonyl (C=O) groups is 1. The van der Waals surface area contributed by atoms with E-state index in [1.54, 1.807) is 0 Å². The molecule has 0 radical (unpaired) electrons. The van der Waals surface area contributed by atoms with Gasteiger partial charge in [-0.15, -0.1) is 0 Å². The first kappa shape index (κ1) is 26.7. The number of hydrogen-bond donors (Lipinski definition) is 2. The number of anilines is 1. The van der Waals surface area contributed by atoms with Gasteiger partial charge in [0.25, 0.3) is 0 Å². The molecule has 39 heavy (non-hydrogen) atoms. The van der Waals surface area contributed by atoms with Crippen LogP contribution in [0, 0.1) is 0 Å². The number of rotatable bonds is 9. The zero-order valence-electron chi connectivity index (χ0n) is 21.5. The predicted octanol–water partition coefficient (Wildman–Crippen LogP) is 6.00. The van der Waals surface area contributed by atoms with Gasteiger partial charge in [0.15, 0.2) is 0 Å². The van der Waals surface area contributed by atoms with Crippen molar-refractivity contribution in [2.75, 3.05) is 12.4 Å². The Bertz CT molecular complexity index is 1770. The van der Waals surface area contributed by atoms with Gasteiger partial charge in [-0.2, -0.15) is 4.72 Å². The summed E-state index contributed by atoms with van der Waals surface area (Å²) in [4.78, 5) is 13.5. The van der Waals surface area contributed by atoms with Gasteiger partial charge in [-0.1, -0.05) is 60.1 Å². The second-order valence-electron chi connectivity index (χ2n) is 9.14. The number of nitrogens with zero attached hydrogens (tertiary/aromatic N) is 1. The average Bonchev–Trinajstić information content (AvgIpc) is 3.26. The lowest BCUT2D eigenvalue weighted by Gasteiger charge is -2.19. The average molecular weight is 562 g/mol. The summed E-state index contributed by atoms with van der Waals surface area (Å²) in [5.41, 5.74) is 3.58. The number of carbonyl (C=O) groups excluding carboxylic acids is 1. The molecule has 0 aliphatic rings. The molecule has 1 amide bonds. The van der Waals surface area contributed by atoms with E-state index in [9.17, 15) is 13.2 Å². The van der Waals surface area contributed by atoms with Crippen LogP contribution in [0.5, 0.6) is 5.75 Å². The number of para-hydroxylation sites is 1. The minimum Gasteiger partial charge on any atom is -0.495 e. The summed E-state index contributed by atoms with van der Waals surface area (Å²) in [6.07, 6.45) is 0.160. The third-order valence-electron chi connectivity index (χ3n) is 6.69. The van der Waals surface area contributed by atoms with Gasteiger partial charge >= 0.3 is 0 Å². The molecule has 9 heteroatoms. The summed E-state index contributed by atoms with van der Waals surface area (Å²) in [7, 11) is -2.63. The Kier molecular flexibility index (Phi) is 7.61. The smallest absolute Gasteiger partial charge is 0.242 e. The van der Waals surface area contributed by atoms with Crippen molar-refractivity contribution in [1.29, 1.82) is 0 Å². The van der Waals surface area contributed by atoms with Crippen LogP contribution in [-0.2, 0) is 27.8 Å². The van der Waals surface area contributed by atoms with Gasteiger partial charge in [-0.05, 0) is 61.4 Å². The quantitative estimate of drug-likeness (QED) is 0.231. The topological polar surface area (TPSA) is 89.4 Å². The number of nitrogens with one attached hydrogen (secondary N) is 2. The maximum absolute atomic E-state index is 13.6. The van der Waals surface area contributed by atoms with Crippen molar-refractivity contribution in [3.05, 3.63) is 102 Å². The molecule has 0 bridgehead atoms. The van der Waals surface area contributed by atoms with E-state index in [0.29, 0.717) is 11.4 Å². The van der Waals surface area contributed by atoms with Gasteiger partial charge < -0.3 is 14.6 Å². The maximum atomic E-state index is 13.6. The monoisotopic (exact) mass is 561 g/mol. The Labute approximate surface area is 232 Å². The summed E-state index contributed by atoms with van der Waals surface area (Å²) in [5.74, 6) is -0.116. The van der Waals surface area contributed by atoms with Crippen LogP contribution in [0.1, 0.15) is 12.5 Å². The molecule has 1 aromatic heterocycles. The van der Waals surface area contributed by atoms with Crippen molar-refractivity contribution in [3.63, 3.8) is 0 Å². The molecular weight excluding hydrogens is 534 g/mol. The number of sulfonamides is 1. The van der Waals surface area contributed by atoms with Crippen LogP contribution in [0.4, 0.5) is 5.69 Å². The van der Waals surface area contributed by atoms with Crippen LogP contribution in [0.25, 0.3) is 21.8 Å². The molecule has 0 aliphatic heterocycles. The van der Waals surface area contributed by atoms with Crippen molar-refractivity contribution in [2.45, 2.75) is 30.8 Å². The predicted molar refractivity (Wildman–Crippen MR) is 156 cm³/mol. The minimum atomic E-state index is -4.08. The lowest BCUT2D eigenvalue weighted by Crippen LogP contribution is -2.45. The summed E-state index contributed by atoms with van der Waals surface area (Å²) in [6, 6.07) is 26.2. The Balaban J connectivity index is 1.46. The standard InChI is InChI=1S/C30H28ClN3O4S/c1-3-34-27-12-8-7-11-23(27)24-18-21(13-15-28(24)34)32-30(35)26(17-20-9-5-4-6-10-20)33-39(36,37)22-14-16-29(38-2)25(31)19-22/h4-16,18-19,26,33H,3,17H2,1-2H3,(H,32,35)/t26-/m0/s1. The molecule has 1 atom stereocenters. The molecule has 0 saturated heterocycles. The van der Waals surface area contributed by atoms with Crippen LogP contribution in [0.3, 0.4) is 0 Å². The lowest BCUT2D eigenvalue weighted by molar-refractivity contribution is -0.117. The summed E-state index contributed by atoms with van der Waals surface area (Å²) < 4.78 is 36.5. The highest BCUT2D eigenvalue weighted by atomic mass is 35.5. The second kappa shape index (κ2) is 11.1.